The molecule has 0 spiro atoms. The van der Waals surface area contributed by atoms with Crippen LogP contribution < -0.4 is 37.9 Å². The first-order valence-electron chi connectivity index (χ1n) is 31.1. The molecule has 3 aliphatic carbocycles. The van der Waals surface area contributed by atoms with Gasteiger partial charge in [-0.05, 0) is 231 Å². The molecular formula is C73H92O14. The lowest BCUT2D eigenvalue weighted by molar-refractivity contribution is -0.145. The first-order valence-corrected chi connectivity index (χ1v) is 31.1. The van der Waals surface area contributed by atoms with Gasteiger partial charge in [0.1, 0.15) is 46.0 Å². The average molecular weight is 1190 g/mol. The van der Waals surface area contributed by atoms with Crippen LogP contribution in [0.5, 0.6) is 46.0 Å². The molecule has 0 unspecified atom stereocenters. The molecule has 0 heterocycles. The van der Waals surface area contributed by atoms with E-state index in [1.54, 1.807) is 42.5 Å². The van der Waals surface area contributed by atoms with Gasteiger partial charge in [0, 0.05) is 4.28 Å². The van der Waals surface area contributed by atoms with E-state index in [2.05, 4.69) is 13.8 Å². The molecule has 6 aromatic rings. The maximum absolute atomic E-state index is 12.7. The van der Waals surface area contributed by atoms with E-state index in [1.807, 2.05) is 132 Å². The molecule has 6 aromatic carbocycles. The highest BCUT2D eigenvalue weighted by Gasteiger charge is 2.35. The third-order valence-corrected chi connectivity index (χ3v) is 16.1. The van der Waals surface area contributed by atoms with Crippen LogP contribution in [0.2, 0.25) is 0 Å². The highest BCUT2D eigenvalue weighted by molar-refractivity contribution is 5.80. The molecule has 0 aliphatic heterocycles. The van der Waals surface area contributed by atoms with Crippen molar-refractivity contribution in [2.75, 3.05) is 13.2 Å². The molecule has 14 nitrogen and oxygen atoms in total. The topological polar surface area (TPSA) is 176 Å². The molecule has 9 rings (SSSR count). The van der Waals surface area contributed by atoms with Gasteiger partial charge >= 0.3 is 35.8 Å². The molecule has 87 heavy (non-hydrogen) atoms. The van der Waals surface area contributed by atoms with Gasteiger partial charge in [0.25, 0.3) is 0 Å². The minimum atomic E-state index is -0.244. The monoisotopic (exact) mass is 1190 g/mol. The van der Waals surface area contributed by atoms with Crippen LogP contribution >= 0.6 is 0 Å². The summed E-state index contributed by atoms with van der Waals surface area (Å²) < 4.78 is 44.6. The van der Waals surface area contributed by atoms with Crippen molar-refractivity contribution < 1.29 is 70.9 Å². The minimum Gasteiger partial charge on any atom is -0.494 e. The van der Waals surface area contributed by atoms with Crippen molar-refractivity contribution >= 4 is 35.8 Å². The number of benzene rings is 6. The van der Waals surface area contributed by atoms with E-state index in [1.165, 1.54) is 0 Å². The number of rotatable bonds is 20. The summed E-state index contributed by atoms with van der Waals surface area (Å²) in [6, 6.07) is 42.6. The van der Waals surface area contributed by atoms with Crippen LogP contribution in [0.4, 0.5) is 0 Å². The second-order valence-electron chi connectivity index (χ2n) is 23.1. The third-order valence-electron chi connectivity index (χ3n) is 16.1. The first-order chi connectivity index (χ1) is 42.0. The van der Waals surface area contributed by atoms with Gasteiger partial charge in [0.05, 0.1) is 48.7 Å². The van der Waals surface area contributed by atoms with Crippen molar-refractivity contribution in [2.24, 2.45) is 35.5 Å². The van der Waals surface area contributed by atoms with E-state index >= 15 is 0 Å². The number of esters is 6. The molecule has 3 fully saturated rings. The number of ether oxygens (including phenoxy) is 8. The lowest BCUT2D eigenvalue weighted by atomic mass is 9.82. The van der Waals surface area contributed by atoms with Gasteiger partial charge in [-0.3, -0.25) is 28.8 Å². The largest absolute Gasteiger partial charge is 0.494 e. The standard InChI is InChI=1S/C29H38O6.2C22H24O4.3H2/c1-4-6-18-32-24-12-14-25(15-13-24)34-28(30)22-8-10-23(11-9-22)29(31)35-27-17-16-26(20-21(27)3)33-19-7-5-2;1-15-5-3-7-19(13-15)25-21(23)17-9-11-18(12-10-17)22(24)26-20-8-4-6-16(2)14-20;1-15-7-3-5-9-19(15)25-21(23)17-11-13-18(14-12-17)22(24)26-20-10-6-4-8-16(20)2;;;/h12-17,20,22-23H,4-11,18-19H2,1-3H3;3-8,13-14,17-18H,9-12H2,1-2H3;3-10,17-18H,11-14H2,1-2H3;3*1H. The summed E-state index contributed by atoms with van der Waals surface area (Å²) >= 11 is 0. The minimum absolute atomic E-state index is 0. The first kappa shape index (κ1) is 66.3. The molecule has 0 saturated heterocycles. The Kier molecular flexibility index (Phi) is 26.0. The predicted octanol–water partition coefficient (Wildman–Crippen LogP) is 16.6. The normalized spacial score (nSPS) is 18.7. The van der Waals surface area contributed by atoms with E-state index in [9.17, 15) is 28.8 Å². The summed E-state index contributed by atoms with van der Waals surface area (Å²) in [5.41, 5.74) is 4.86. The number of para-hydroxylation sites is 2. The van der Waals surface area contributed by atoms with Gasteiger partial charge in [-0.2, -0.15) is 0 Å². The van der Waals surface area contributed by atoms with Crippen molar-refractivity contribution in [3.05, 3.63) is 167 Å². The van der Waals surface area contributed by atoms with Crippen LogP contribution in [-0.4, -0.2) is 49.0 Å². The average Bonchev–Trinajstić information content (AvgIpc) is 3.20. The second kappa shape index (κ2) is 34.2. The number of carbonyl (C=O) groups excluding carboxylic acids is 6. The van der Waals surface area contributed by atoms with Crippen LogP contribution in [0, 0.1) is 70.1 Å². The van der Waals surface area contributed by atoms with Crippen LogP contribution in [0.3, 0.4) is 0 Å². The van der Waals surface area contributed by atoms with Gasteiger partial charge in [-0.1, -0.05) is 87.4 Å². The van der Waals surface area contributed by atoms with Gasteiger partial charge in [-0.15, -0.1) is 0 Å². The number of unbranched alkanes of at least 4 members (excludes halogenated alkanes) is 2. The number of carbonyl (C=O) groups is 6. The predicted molar refractivity (Wildman–Crippen MR) is 340 cm³/mol. The van der Waals surface area contributed by atoms with Crippen LogP contribution in [0.15, 0.2) is 140 Å². The summed E-state index contributed by atoms with van der Waals surface area (Å²) in [6.07, 6.45) is 11.8. The van der Waals surface area contributed by atoms with Crippen molar-refractivity contribution in [1.29, 1.82) is 0 Å². The fraction of sp³-hybridized carbons (Fsp3) is 0.425. The van der Waals surface area contributed by atoms with Crippen LogP contribution in [0.1, 0.15) is 149 Å². The third kappa shape index (κ3) is 21.3. The molecule has 0 N–H and O–H groups in total. The van der Waals surface area contributed by atoms with Crippen LogP contribution in [-0.2, 0) is 28.8 Å². The number of aryl methyl sites for hydroxylation is 5. The molecule has 0 aromatic heterocycles. The Balaban J connectivity index is 0.000000288. The zero-order valence-electron chi connectivity index (χ0n) is 51.7. The van der Waals surface area contributed by atoms with E-state index in [0.717, 1.165) is 65.0 Å². The molecule has 0 atom stereocenters. The van der Waals surface area contributed by atoms with E-state index in [4.69, 9.17) is 37.9 Å². The lowest BCUT2D eigenvalue weighted by Crippen LogP contribution is -2.30. The highest BCUT2D eigenvalue weighted by Crippen LogP contribution is 2.36. The molecular weight excluding hydrogens is 1100 g/mol. The summed E-state index contributed by atoms with van der Waals surface area (Å²) in [5, 5.41) is 0. The maximum atomic E-state index is 12.7. The van der Waals surface area contributed by atoms with E-state index in [-0.39, 0.29) is 75.6 Å². The summed E-state index contributed by atoms with van der Waals surface area (Å²) in [7, 11) is 0. The molecule has 3 aliphatic rings. The Bertz CT molecular complexity index is 3080. The zero-order chi connectivity index (χ0) is 62.1. The fourth-order valence-electron chi connectivity index (χ4n) is 10.7. The molecule has 0 bridgehead atoms. The summed E-state index contributed by atoms with van der Waals surface area (Å²) in [4.78, 5) is 74.8. The Hall–Kier alpha value is -8.26. The van der Waals surface area contributed by atoms with Crippen molar-refractivity contribution in [3.8, 4) is 46.0 Å². The van der Waals surface area contributed by atoms with Crippen LogP contribution in [0.25, 0.3) is 0 Å². The zero-order valence-corrected chi connectivity index (χ0v) is 51.7. The molecule has 468 valence electrons. The molecule has 0 radical (unpaired) electrons. The fourth-order valence-corrected chi connectivity index (χ4v) is 10.7. The van der Waals surface area contributed by atoms with E-state index in [0.29, 0.717) is 125 Å². The Morgan fingerprint density at radius 2 is 0.632 bits per heavy atom. The SMILES string of the molecule is CCCCOc1ccc(OC(=O)C2CCC(C(=O)Oc3ccc(OCCCC)cc3C)CC2)cc1.Cc1cccc(OC(=O)C2CCC(C(=O)Oc3cccc(C)c3)CC2)c1.Cc1ccccc1OC(=O)C1CCC(C(=O)Oc2ccccc2C)CC1.[HH].[HH].[HH]. The van der Waals surface area contributed by atoms with Crippen molar-refractivity contribution in [2.45, 2.75) is 151 Å². The lowest BCUT2D eigenvalue weighted by Gasteiger charge is -2.26. The molecule has 3 saturated carbocycles. The summed E-state index contributed by atoms with van der Waals surface area (Å²) in [5.74, 6) is 2.66. The summed E-state index contributed by atoms with van der Waals surface area (Å²) in [6.45, 7) is 15.3. The van der Waals surface area contributed by atoms with E-state index < -0.39 is 0 Å². The number of hydrogen-bond acceptors (Lipinski definition) is 14. The van der Waals surface area contributed by atoms with Crippen molar-refractivity contribution in [1.82, 2.24) is 0 Å². The maximum Gasteiger partial charge on any atom is 0.314 e. The quantitative estimate of drug-likeness (QED) is 0.0401. The van der Waals surface area contributed by atoms with Gasteiger partial charge in [0.15, 0.2) is 0 Å². The highest BCUT2D eigenvalue weighted by atomic mass is 16.6. The van der Waals surface area contributed by atoms with Crippen molar-refractivity contribution in [3.63, 3.8) is 0 Å². The molecule has 14 heteroatoms. The Morgan fingerprint density at radius 1 is 0.322 bits per heavy atom. The smallest absolute Gasteiger partial charge is 0.314 e. The Labute approximate surface area is 518 Å². The Morgan fingerprint density at radius 3 is 0.977 bits per heavy atom. The number of hydrogen-bond donors (Lipinski definition) is 0. The second-order valence-corrected chi connectivity index (χ2v) is 23.1. The van der Waals surface area contributed by atoms with Gasteiger partial charge in [-0.25, -0.2) is 0 Å². The molecule has 0 amide bonds. The van der Waals surface area contributed by atoms with Gasteiger partial charge < -0.3 is 37.9 Å². The van der Waals surface area contributed by atoms with Gasteiger partial charge in [0.2, 0.25) is 0 Å².